The van der Waals surface area contributed by atoms with E-state index in [4.69, 9.17) is 21.1 Å². The first-order valence-electron chi connectivity index (χ1n) is 7.93. The molecule has 7 heteroatoms. The lowest BCUT2D eigenvalue weighted by molar-refractivity contribution is 0.0595. The van der Waals surface area contributed by atoms with Crippen molar-refractivity contribution in [2.75, 3.05) is 32.2 Å². The van der Waals surface area contributed by atoms with Crippen molar-refractivity contribution in [1.29, 1.82) is 0 Å². The van der Waals surface area contributed by atoms with Crippen molar-refractivity contribution in [1.82, 2.24) is 9.78 Å². The Morgan fingerprint density at radius 1 is 1.42 bits per heavy atom. The van der Waals surface area contributed by atoms with E-state index in [0.29, 0.717) is 29.6 Å². The van der Waals surface area contributed by atoms with E-state index in [-0.39, 0.29) is 10.6 Å². The summed E-state index contributed by atoms with van der Waals surface area (Å²) in [6.45, 7) is 2.28. The molecule has 2 aromatic rings. The Balaban J connectivity index is 1.76. The van der Waals surface area contributed by atoms with Gasteiger partial charge in [-0.05, 0) is 43.0 Å². The molecule has 1 aliphatic heterocycles. The van der Waals surface area contributed by atoms with Gasteiger partial charge in [0.25, 0.3) is 5.56 Å². The van der Waals surface area contributed by atoms with Crippen molar-refractivity contribution in [2.45, 2.75) is 12.8 Å². The lowest BCUT2D eigenvalue weighted by atomic mass is 10.0. The number of hydrogen-bond donors (Lipinski definition) is 1. The normalized spacial score (nSPS) is 17.5. The molecule has 3 rings (SSSR count). The Hall–Kier alpha value is -2.05. The van der Waals surface area contributed by atoms with E-state index in [1.54, 1.807) is 37.6 Å². The minimum atomic E-state index is -0.355. The maximum absolute atomic E-state index is 12.5. The van der Waals surface area contributed by atoms with Crippen LogP contribution in [0.5, 0.6) is 5.75 Å². The van der Waals surface area contributed by atoms with Crippen LogP contribution in [-0.2, 0) is 4.74 Å². The Bertz CT molecular complexity index is 740. The molecule has 2 heterocycles. The van der Waals surface area contributed by atoms with Crippen molar-refractivity contribution in [3.63, 3.8) is 0 Å². The fourth-order valence-corrected chi connectivity index (χ4v) is 2.88. The summed E-state index contributed by atoms with van der Waals surface area (Å²) < 4.78 is 11.8. The van der Waals surface area contributed by atoms with Crippen molar-refractivity contribution >= 4 is 17.3 Å². The standard InChI is InChI=1S/C17H20ClN3O3/c1-23-14-6-4-13(5-7-14)21-17(22)16(18)15(10-20-21)19-9-12-3-2-8-24-11-12/h4-7,10,12,19H,2-3,8-9,11H2,1H3/t12-/m1/s1. The number of rotatable bonds is 5. The Morgan fingerprint density at radius 3 is 2.88 bits per heavy atom. The molecule has 1 aromatic carbocycles. The van der Waals surface area contributed by atoms with Gasteiger partial charge >= 0.3 is 0 Å². The van der Waals surface area contributed by atoms with E-state index in [2.05, 4.69) is 10.4 Å². The molecule has 6 nitrogen and oxygen atoms in total. The lowest BCUT2D eigenvalue weighted by Gasteiger charge is -2.22. The third kappa shape index (κ3) is 3.71. The summed E-state index contributed by atoms with van der Waals surface area (Å²) in [5.74, 6) is 1.14. The van der Waals surface area contributed by atoms with Crippen LogP contribution in [0.15, 0.2) is 35.3 Å². The number of anilines is 1. The summed E-state index contributed by atoms with van der Waals surface area (Å²) in [7, 11) is 1.59. The van der Waals surface area contributed by atoms with E-state index in [9.17, 15) is 4.79 Å². The summed E-state index contributed by atoms with van der Waals surface area (Å²) >= 11 is 6.23. The zero-order chi connectivity index (χ0) is 16.9. The fourth-order valence-electron chi connectivity index (χ4n) is 2.69. The molecule has 128 valence electrons. The van der Waals surface area contributed by atoms with Crippen LogP contribution >= 0.6 is 11.6 Å². The van der Waals surface area contributed by atoms with E-state index < -0.39 is 0 Å². The minimum absolute atomic E-state index is 0.137. The number of ether oxygens (including phenoxy) is 2. The summed E-state index contributed by atoms with van der Waals surface area (Å²) in [5.41, 5.74) is 0.832. The van der Waals surface area contributed by atoms with E-state index in [1.807, 2.05) is 0 Å². The van der Waals surface area contributed by atoms with Gasteiger partial charge < -0.3 is 14.8 Å². The van der Waals surface area contributed by atoms with Crippen LogP contribution in [-0.4, -0.2) is 36.6 Å². The Kier molecular flexibility index (Phi) is 5.37. The number of aromatic nitrogens is 2. The first-order chi connectivity index (χ1) is 11.7. The van der Waals surface area contributed by atoms with Gasteiger partial charge in [0.2, 0.25) is 0 Å². The molecule has 0 bridgehead atoms. The molecule has 1 saturated heterocycles. The van der Waals surface area contributed by atoms with Crippen LogP contribution in [0.2, 0.25) is 5.02 Å². The third-order valence-corrected chi connectivity index (χ3v) is 4.44. The molecule has 0 unspecified atom stereocenters. The van der Waals surface area contributed by atoms with Crippen molar-refractivity contribution in [2.24, 2.45) is 5.92 Å². The average molecular weight is 350 g/mol. The number of nitrogens with zero attached hydrogens (tertiary/aromatic N) is 2. The molecule has 1 aliphatic rings. The summed E-state index contributed by atoms with van der Waals surface area (Å²) in [5, 5.41) is 7.56. The van der Waals surface area contributed by atoms with Gasteiger partial charge in [-0.3, -0.25) is 4.79 Å². The summed E-state index contributed by atoms with van der Waals surface area (Å²) in [6, 6.07) is 7.06. The SMILES string of the molecule is COc1ccc(-n2ncc(NC[C@H]3CCCOC3)c(Cl)c2=O)cc1. The van der Waals surface area contributed by atoms with Crippen LogP contribution in [0.3, 0.4) is 0 Å². The first kappa shape index (κ1) is 16.8. The van der Waals surface area contributed by atoms with Crippen LogP contribution in [0.25, 0.3) is 5.69 Å². The predicted molar refractivity (Wildman–Crippen MR) is 93.4 cm³/mol. The molecule has 0 radical (unpaired) electrons. The monoisotopic (exact) mass is 349 g/mol. The number of nitrogens with one attached hydrogen (secondary N) is 1. The second-order valence-corrected chi connectivity index (χ2v) is 6.13. The molecule has 1 atom stereocenters. The molecule has 1 N–H and O–H groups in total. The molecular formula is C17H20ClN3O3. The highest BCUT2D eigenvalue weighted by Crippen LogP contribution is 2.20. The highest BCUT2D eigenvalue weighted by Gasteiger charge is 2.16. The van der Waals surface area contributed by atoms with Gasteiger partial charge in [0.1, 0.15) is 10.8 Å². The Labute approximate surface area is 145 Å². The first-order valence-corrected chi connectivity index (χ1v) is 8.30. The van der Waals surface area contributed by atoms with Crippen LogP contribution in [0.4, 0.5) is 5.69 Å². The molecule has 1 fully saturated rings. The zero-order valence-corrected chi connectivity index (χ0v) is 14.3. The van der Waals surface area contributed by atoms with Gasteiger partial charge in [0.05, 0.1) is 31.3 Å². The van der Waals surface area contributed by atoms with Gasteiger partial charge in [-0.2, -0.15) is 9.78 Å². The van der Waals surface area contributed by atoms with Crippen LogP contribution in [0, 0.1) is 5.92 Å². The molecule has 0 spiro atoms. The molecular weight excluding hydrogens is 330 g/mol. The smallest absolute Gasteiger partial charge is 0.292 e. The number of hydrogen-bond acceptors (Lipinski definition) is 5. The minimum Gasteiger partial charge on any atom is -0.497 e. The van der Waals surface area contributed by atoms with Gasteiger partial charge in [-0.15, -0.1) is 0 Å². The largest absolute Gasteiger partial charge is 0.497 e. The van der Waals surface area contributed by atoms with E-state index in [1.165, 1.54) is 4.68 Å². The average Bonchev–Trinajstić information content (AvgIpc) is 2.64. The van der Waals surface area contributed by atoms with Gasteiger partial charge in [0.15, 0.2) is 0 Å². The molecule has 0 aliphatic carbocycles. The number of methoxy groups -OCH3 is 1. The van der Waals surface area contributed by atoms with Crippen LogP contribution < -0.4 is 15.6 Å². The fraction of sp³-hybridized carbons (Fsp3) is 0.412. The quantitative estimate of drug-likeness (QED) is 0.899. The third-order valence-electron chi connectivity index (χ3n) is 4.07. The highest BCUT2D eigenvalue weighted by molar-refractivity contribution is 6.32. The van der Waals surface area contributed by atoms with Crippen molar-refractivity contribution in [3.05, 3.63) is 45.8 Å². The van der Waals surface area contributed by atoms with Crippen LogP contribution in [0.1, 0.15) is 12.8 Å². The molecule has 1 aromatic heterocycles. The molecule has 0 amide bonds. The zero-order valence-electron chi connectivity index (χ0n) is 13.5. The Morgan fingerprint density at radius 2 is 2.21 bits per heavy atom. The predicted octanol–water partition coefficient (Wildman–Crippen LogP) is 2.73. The maximum Gasteiger partial charge on any atom is 0.292 e. The van der Waals surface area contributed by atoms with Crippen molar-refractivity contribution in [3.8, 4) is 11.4 Å². The molecule has 0 saturated carbocycles. The van der Waals surface area contributed by atoms with Gasteiger partial charge in [-0.1, -0.05) is 11.6 Å². The summed E-state index contributed by atoms with van der Waals surface area (Å²) in [6.07, 6.45) is 3.76. The molecule has 24 heavy (non-hydrogen) atoms. The number of benzene rings is 1. The lowest BCUT2D eigenvalue weighted by Crippen LogP contribution is -2.26. The number of halogens is 1. The highest BCUT2D eigenvalue weighted by atomic mass is 35.5. The second kappa shape index (κ2) is 7.68. The van der Waals surface area contributed by atoms with E-state index >= 15 is 0 Å². The second-order valence-electron chi connectivity index (χ2n) is 5.75. The van der Waals surface area contributed by atoms with Gasteiger partial charge in [0, 0.05) is 13.2 Å². The van der Waals surface area contributed by atoms with E-state index in [0.717, 1.165) is 26.1 Å². The van der Waals surface area contributed by atoms with Gasteiger partial charge in [-0.25, -0.2) is 0 Å². The maximum atomic E-state index is 12.5. The topological polar surface area (TPSA) is 65.4 Å². The summed E-state index contributed by atoms with van der Waals surface area (Å²) in [4.78, 5) is 12.5. The van der Waals surface area contributed by atoms with Crippen molar-refractivity contribution < 1.29 is 9.47 Å².